The predicted octanol–water partition coefficient (Wildman–Crippen LogP) is 21.8. The molecule has 0 bridgehead atoms. The second kappa shape index (κ2) is 60.7. The fourth-order valence-electron chi connectivity index (χ4n) is 11.4. The van der Waals surface area contributed by atoms with Gasteiger partial charge in [0.05, 0.1) is 6.17 Å². The van der Waals surface area contributed by atoms with E-state index in [1.165, 1.54) is 380 Å². The maximum Gasteiger partial charge on any atom is 0.0754 e. The molecule has 4 heteroatoms. The van der Waals surface area contributed by atoms with Crippen LogP contribution in [0.15, 0.2) is 0 Å². The van der Waals surface area contributed by atoms with Gasteiger partial charge in [-0.25, -0.2) is 0 Å². The van der Waals surface area contributed by atoms with Gasteiger partial charge >= 0.3 is 0 Å². The number of hydrogen-bond donors (Lipinski definition) is 0. The highest BCUT2D eigenvalue weighted by Crippen LogP contribution is 2.20. The van der Waals surface area contributed by atoms with Crippen molar-refractivity contribution in [3.8, 4) is 0 Å². The Morgan fingerprint density at radius 1 is 0.254 bits per heavy atom. The van der Waals surface area contributed by atoms with Gasteiger partial charge in [0, 0.05) is 32.7 Å². The number of nitrogens with zero attached hydrogens (tertiary/aromatic N) is 4. The first-order valence-corrected chi connectivity index (χ1v) is 34.0. The van der Waals surface area contributed by atoms with Gasteiger partial charge in [0.1, 0.15) is 0 Å². The van der Waals surface area contributed by atoms with Gasteiger partial charge < -0.3 is 4.90 Å². The van der Waals surface area contributed by atoms with E-state index in [1.807, 2.05) is 0 Å². The van der Waals surface area contributed by atoms with Crippen molar-refractivity contribution in [2.45, 2.75) is 369 Å². The molecule has 0 aliphatic carbocycles. The van der Waals surface area contributed by atoms with E-state index in [2.05, 4.69) is 68.1 Å². The van der Waals surface area contributed by atoms with Gasteiger partial charge in [-0.05, 0) is 64.8 Å². The second-order valence-electron chi connectivity index (χ2n) is 23.5. The molecule has 1 saturated heterocycles. The minimum absolute atomic E-state index is 0.614. The SMILES string of the molecule is CCCCCCCCCC.CCCCCCCCCCCCN(CCCCCCCCCCCC)CCN1CCN(CCC)C(N(CCCCCCCCCCCC)CCCCCCCCCCCC)C1. The molecular weight excluding hydrogens is 861 g/mol. The van der Waals surface area contributed by atoms with Crippen LogP contribution in [0.5, 0.6) is 0 Å². The Balaban J connectivity index is 0.00000437. The third kappa shape index (κ3) is 50.4. The van der Waals surface area contributed by atoms with Gasteiger partial charge in [0.2, 0.25) is 0 Å². The van der Waals surface area contributed by atoms with Crippen LogP contribution < -0.4 is 0 Å². The highest BCUT2D eigenvalue weighted by atomic mass is 15.4. The molecule has 0 N–H and O–H groups in total. The van der Waals surface area contributed by atoms with Crippen molar-refractivity contribution >= 4 is 0 Å². The van der Waals surface area contributed by atoms with E-state index in [9.17, 15) is 0 Å². The molecule has 0 spiro atoms. The topological polar surface area (TPSA) is 13.0 Å². The molecule has 0 radical (unpaired) electrons. The molecule has 1 unspecified atom stereocenters. The lowest BCUT2D eigenvalue weighted by molar-refractivity contribution is -0.0259. The zero-order valence-corrected chi connectivity index (χ0v) is 51.1. The van der Waals surface area contributed by atoms with Crippen molar-refractivity contribution in [3.63, 3.8) is 0 Å². The molecule has 71 heavy (non-hydrogen) atoms. The monoisotopic (exact) mass is 1000 g/mol. The summed E-state index contributed by atoms with van der Waals surface area (Å²) in [7, 11) is 0. The number of unbranched alkanes of at least 4 members (excludes halogenated alkanes) is 43. The molecule has 1 aliphatic heterocycles. The number of piperazine rings is 1. The summed E-state index contributed by atoms with van der Waals surface area (Å²) < 4.78 is 0. The number of rotatable bonds is 57. The predicted molar refractivity (Wildman–Crippen MR) is 326 cm³/mol. The fraction of sp³-hybridized carbons (Fsp3) is 1.00. The smallest absolute Gasteiger partial charge is 0.0754 e. The highest BCUT2D eigenvalue weighted by Gasteiger charge is 2.31. The first kappa shape index (κ1) is 70.8. The Bertz CT molecular complexity index is 885. The van der Waals surface area contributed by atoms with Crippen LogP contribution in [0.4, 0.5) is 0 Å². The van der Waals surface area contributed by atoms with E-state index in [0.29, 0.717) is 6.17 Å². The third-order valence-electron chi connectivity index (χ3n) is 16.4. The summed E-state index contributed by atoms with van der Waals surface area (Å²) in [5, 5.41) is 0. The summed E-state index contributed by atoms with van der Waals surface area (Å²) in [6, 6.07) is 0. The third-order valence-corrected chi connectivity index (χ3v) is 16.4. The van der Waals surface area contributed by atoms with Crippen molar-refractivity contribution in [3.05, 3.63) is 0 Å². The zero-order valence-electron chi connectivity index (χ0n) is 51.1. The van der Waals surface area contributed by atoms with Crippen molar-refractivity contribution < 1.29 is 0 Å². The summed E-state index contributed by atoms with van der Waals surface area (Å²) in [6.45, 7) is 29.2. The fourth-order valence-corrected chi connectivity index (χ4v) is 11.4. The lowest BCUT2D eigenvalue weighted by atomic mass is 10.1. The summed E-state index contributed by atoms with van der Waals surface area (Å²) in [5.41, 5.74) is 0. The van der Waals surface area contributed by atoms with Gasteiger partial charge in [-0.2, -0.15) is 0 Å². The minimum atomic E-state index is 0.614. The molecule has 428 valence electrons. The van der Waals surface area contributed by atoms with Crippen molar-refractivity contribution in [1.29, 1.82) is 0 Å². The minimum Gasteiger partial charge on any atom is -0.302 e. The molecule has 0 saturated carbocycles. The van der Waals surface area contributed by atoms with E-state index < -0.39 is 0 Å². The van der Waals surface area contributed by atoms with Crippen LogP contribution in [0, 0.1) is 0 Å². The van der Waals surface area contributed by atoms with Gasteiger partial charge in [-0.1, -0.05) is 331 Å². The molecule has 0 amide bonds. The van der Waals surface area contributed by atoms with E-state index in [4.69, 9.17) is 0 Å². The maximum atomic E-state index is 3.00. The molecule has 1 aliphatic rings. The lowest BCUT2D eigenvalue weighted by Gasteiger charge is -2.47. The Kier molecular flexibility index (Phi) is 60.6. The van der Waals surface area contributed by atoms with Crippen LogP contribution in [-0.4, -0.2) is 91.2 Å². The van der Waals surface area contributed by atoms with E-state index in [0.717, 1.165) is 0 Å². The first-order chi connectivity index (χ1) is 35.1. The van der Waals surface area contributed by atoms with E-state index in [-0.39, 0.29) is 0 Å². The Labute approximate surface area is 452 Å². The standard InChI is InChI=1S/C57H118N4.C10H22/c1-6-11-15-19-23-27-31-35-39-43-48-58(49-44-40-36-32-28-24-20-16-12-7-2)52-53-59-54-55-60(47-10-5)57(56-59)61(50-45-41-37-33-29-25-21-17-13-8-3)51-46-42-38-34-30-26-22-18-14-9-4;1-3-5-7-9-10-8-6-4-2/h57H,6-56H2,1-5H3;3-10H2,1-2H3. The Hall–Kier alpha value is -0.160. The molecule has 1 heterocycles. The van der Waals surface area contributed by atoms with Crippen LogP contribution in [0.2, 0.25) is 0 Å². The lowest BCUT2D eigenvalue weighted by Crippen LogP contribution is -2.61. The molecular formula is C67H140N4. The van der Waals surface area contributed by atoms with Crippen molar-refractivity contribution in [2.24, 2.45) is 0 Å². The van der Waals surface area contributed by atoms with Crippen LogP contribution in [0.1, 0.15) is 363 Å². The van der Waals surface area contributed by atoms with Crippen LogP contribution in [0.25, 0.3) is 0 Å². The van der Waals surface area contributed by atoms with Gasteiger partial charge in [0.25, 0.3) is 0 Å². The average Bonchev–Trinajstić information content (AvgIpc) is 3.38. The molecule has 4 nitrogen and oxygen atoms in total. The molecule has 1 fully saturated rings. The van der Waals surface area contributed by atoms with Crippen molar-refractivity contribution in [1.82, 2.24) is 19.6 Å². The number of hydrogen-bond acceptors (Lipinski definition) is 4. The zero-order chi connectivity index (χ0) is 51.6. The van der Waals surface area contributed by atoms with Gasteiger partial charge in [-0.15, -0.1) is 0 Å². The Morgan fingerprint density at radius 3 is 0.775 bits per heavy atom. The Morgan fingerprint density at radius 2 is 0.507 bits per heavy atom. The first-order valence-electron chi connectivity index (χ1n) is 34.0. The highest BCUT2D eigenvalue weighted by molar-refractivity contribution is 4.84. The van der Waals surface area contributed by atoms with Crippen LogP contribution in [-0.2, 0) is 0 Å². The molecule has 0 aromatic heterocycles. The molecule has 0 aromatic rings. The van der Waals surface area contributed by atoms with Crippen molar-refractivity contribution in [2.75, 3.05) is 65.4 Å². The van der Waals surface area contributed by atoms with E-state index >= 15 is 0 Å². The van der Waals surface area contributed by atoms with Gasteiger partial charge in [0.15, 0.2) is 0 Å². The van der Waals surface area contributed by atoms with Gasteiger partial charge in [-0.3, -0.25) is 14.7 Å². The largest absolute Gasteiger partial charge is 0.302 e. The quantitative estimate of drug-likeness (QED) is 0.0563. The second-order valence-corrected chi connectivity index (χ2v) is 23.5. The van der Waals surface area contributed by atoms with E-state index in [1.54, 1.807) is 0 Å². The molecule has 1 atom stereocenters. The van der Waals surface area contributed by atoms with Crippen LogP contribution >= 0.6 is 0 Å². The molecule has 1 rings (SSSR count). The average molecular weight is 1000 g/mol. The maximum absolute atomic E-state index is 3.00. The summed E-state index contributed by atoms with van der Waals surface area (Å²) >= 11 is 0. The summed E-state index contributed by atoms with van der Waals surface area (Å²) in [6.07, 6.45) is 70.9. The summed E-state index contributed by atoms with van der Waals surface area (Å²) in [4.78, 5) is 11.7. The summed E-state index contributed by atoms with van der Waals surface area (Å²) in [5.74, 6) is 0. The van der Waals surface area contributed by atoms with Crippen LogP contribution in [0.3, 0.4) is 0 Å². The molecule has 0 aromatic carbocycles. The normalized spacial score (nSPS) is 14.6.